The lowest BCUT2D eigenvalue weighted by molar-refractivity contribution is -0.119. The summed E-state index contributed by atoms with van der Waals surface area (Å²) in [6, 6.07) is 0. The zero-order valence-corrected chi connectivity index (χ0v) is 11.6. The standard InChI is InChI=1S/C13H21N5O/c1-3-10(2)11(19)16-12-14-9-15-13(17-12)18-7-5-4-6-8-18/h9-10H,3-8H2,1-2H3,(H,14,15,16,17,19)/t10-/m1/s1. The maximum absolute atomic E-state index is 11.8. The van der Waals surface area contributed by atoms with Crippen molar-refractivity contribution in [2.24, 2.45) is 5.92 Å². The Labute approximate surface area is 113 Å². The van der Waals surface area contributed by atoms with Crippen LogP contribution >= 0.6 is 0 Å². The van der Waals surface area contributed by atoms with Gasteiger partial charge in [-0.25, -0.2) is 9.97 Å². The number of anilines is 2. The number of hydrogen-bond donors (Lipinski definition) is 1. The molecule has 1 aromatic heterocycles. The predicted molar refractivity (Wildman–Crippen MR) is 74.0 cm³/mol. The molecule has 6 heteroatoms. The van der Waals surface area contributed by atoms with Crippen molar-refractivity contribution in [1.82, 2.24) is 15.0 Å². The van der Waals surface area contributed by atoms with Crippen molar-refractivity contribution in [1.29, 1.82) is 0 Å². The zero-order chi connectivity index (χ0) is 13.7. The highest BCUT2D eigenvalue weighted by molar-refractivity contribution is 5.90. The molecule has 1 atom stereocenters. The van der Waals surface area contributed by atoms with Gasteiger partial charge in [0.2, 0.25) is 17.8 Å². The molecular weight excluding hydrogens is 242 g/mol. The Bertz CT molecular complexity index is 431. The fraction of sp³-hybridized carbons (Fsp3) is 0.692. The van der Waals surface area contributed by atoms with Crippen LogP contribution in [0, 0.1) is 5.92 Å². The molecule has 0 unspecified atom stereocenters. The minimum Gasteiger partial charge on any atom is -0.341 e. The van der Waals surface area contributed by atoms with E-state index >= 15 is 0 Å². The Morgan fingerprint density at radius 2 is 2.11 bits per heavy atom. The van der Waals surface area contributed by atoms with Crippen LogP contribution in [0.4, 0.5) is 11.9 Å². The molecule has 0 aliphatic carbocycles. The van der Waals surface area contributed by atoms with Gasteiger partial charge in [-0.2, -0.15) is 4.98 Å². The molecule has 0 bridgehead atoms. The number of nitrogens with one attached hydrogen (secondary N) is 1. The van der Waals surface area contributed by atoms with E-state index in [1.165, 1.54) is 25.6 Å². The summed E-state index contributed by atoms with van der Waals surface area (Å²) in [4.78, 5) is 26.5. The van der Waals surface area contributed by atoms with E-state index in [2.05, 4.69) is 25.2 Å². The Kier molecular flexibility index (Phi) is 4.65. The summed E-state index contributed by atoms with van der Waals surface area (Å²) in [5.41, 5.74) is 0. The van der Waals surface area contributed by atoms with Crippen LogP contribution < -0.4 is 10.2 Å². The summed E-state index contributed by atoms with van der Waals surface area (Å²) in [5.74, 6) is 0.934. The molecule has 2 rings (SSSR count). The third-order valence-corrected chi connectivity index (χ3v) is 3.49. The molecule has 1 fully saturated rings. The van der Waals surface area contributed by atoms with Gasteiger partial charge in [0.15, 0.2) is 0 Å². The molecule has 0 spiro atoms. The number of hydrogen-bond acceptors (Lipinski definition) is 5. The number of carbonyl (C=O) groups is 1. The van der Waals surface area contributed by atoms with Gasteiger partial charge in [-0.1, -0.05) is 13.8 Å². The van der Waals surface area contributed by atoms with Gasteiger partial charge in [-0.15, -0.1) is 0 Å². The molecule has 6 nitrogen and oxygen atoms in total. The molecule has 1 N–H and O–H groups in total. The number of amides is 1. The van der Waals surface area contributed by atoms with Crippen LogP contribution in [0.2, 0.25) is 0 Å². The summed E-state index contributed by atoms with van der Waals surface area (Å²) >= 11 is 0. The van der Waals surface area contributed by atoms with Crippen LogP contribution in [0.1, 0.15) is 39.5 Å². The third-order valence-electron chi connectivity index (χ3n) is 3.49. The Morgan fingerprint density at radius 3 is 2.79 bits per heavy atom. The predicted octanol–water partition coefficient (Wildman–Crippen LogP) is 1.85. The largest absolute Gasteiger partial charge is 0.341 e. The van der Waals surface area contributed by atoms with E-state index in [-0.39, 0.29) is 11.8 Å². The number of piperidine rings is 1. The second-order valence-electron chi connectivity index (χ2n) is 4.96. The van der Waals surface area contributed by atoms with E-state index < -0.39 is 0 Å². The van der Waals surface area contributed by atoms with Gasteiger partial charge in [-0.05, 0) is 25.7 Å². The minimum atomic E-state index is -0.0432. The number of aromatic nitrogens is 3. The molecule has 1 saturated heterocycles. The van der Waals surface area contributed by atoms with E-state index in [1.807, 2.05) is 13.8 Å². The van der Waals surface area contributed by atoms with Crippen molar-refractivity contribution >= 4 is 17.8 Å². The van der Waals surface area contributed by atoms with E-state index in [0.29, 0.717) is 11.9 Å². The number of carbonyl (C=O) groups excluding carboxylic acids is 1. The van der Waals surface area contributed by atoms with Gasteiger partial charge in [0.1, 0.15) is 6.33 Å². The molecule has 1 aromatic rings. The molecule has 19 heavy (non-hydrogen) atoms. The highest BCUT2D eigenvalue weighted by Gasteiger charge is 2.16. The molecule has 1 aliphatic heterocycles. The first-order valence-corrected chi connectivity index (χ1v) is 6.95. The Morgan fingerprint density at radius 1 is 1.37 bits per heavy atom. The van der Waals surface area contributed by atoms with Crippen LogP contribution in [0.25, 0.3) is 0 Å². The fourth-order valence-corrected chi connectivity index (χ4v) is 2.01. The van der Waals surface area contributed by atoms with Crippen molar-refractivity contribution in [3.05, 3.63) is 6.33 Å². The minimum absolute atomic E-state index is 0.0322. The Hall–Kier alpha value is -1.72. The summed E-state index contributed by atoms with van der Waals surface area (Å²) in [6.07, 6.45) is 5.86. The quantitative estimate of drug-likeness (QED) is 0.897. The highest BCUT2D eigenvalue weighted by Crippen LogP contribution is 2.16. The normalized spacial score (nSPS) is 17.1. The first kappa shape index (κ1) is 13.7. The van der Waals surface area contributed by atoms with Gasteiger partial charge >= 0.3 is 0 Å². The SMILES string of the molecule is CC[C@@H](C)C(=O)Nc1ncnc(N2CCCCC2)n1. The van der Waals surface area contributed by atoms with Crippen LogP contribution in [0.3, 0.4) is 0 Å². The average Bonchev–Trinajstić information content (AvgIpc) is 2.47. The van der Waals surface area contributed by atoms with Crippen LogP contribution in [-0.4, -0.2) is 33.9 Å². The maximum atomic E-state index is 11.8. The first-order chi connectivity index (χ1) is 9.20. The van der Waals surface area contributed by atoms with Crippen molar-refractivity contribution < 1.29 is 4.79 Å². The third kappa shape index (κ3) is 3.62. The summed E-state index contributed by atoms with van der Waals surface area (Å²) in [5, 5.41) is 2.74. The second kappa shape index (κ2) is 6.45. The second-order valence-corrected chi connectivity index (χ2v) is 4.96. The lowest BCUT2D eigenvalue weighted by atomic mass is 10.1. The van der Waals surface area contributed by atoms with Gasteiger partial charge in [0, 0.05) is 19.0 Å². The van der Waals surface area contributed by atoms with Gasteiger partial charge in [0.05, 0.1) is 0 Å². The fourth-order valence-electron chi connectivity index (χ4n) is 2.01. The highest BCUT2D eigenvalue weighted by atomic mass is 16.2. The molecule has 1 amide bonds. The molecule has 2 heterocycles. The number of rotatable bonds is 4. The van der Waals surface area contributed by atoms with Gasteiger partial charge in [0.25, 0.3) is 0 Å². The molecule has 104 valence electrons. The van der Waals surface area contributed by atoms with Crippen molar-refractivity contribution in [3.8, 4) is 0 Å². The molecule has 1 aliphatic rings. The summed E-state index contributed by atoms with van der Waals surface area (Å²) in [7, 11) is 0. The number of nitrogens with zero attached hydrogens (tertiary/aromatic N) is 4. The molecule has 0 aromatic carbocycles. The van der Waals surface area contributed by atoms with E-state index in [1.54, 1.807) is 0 Å². The maximum Gasteiger partial charge on any atom is 0.234 e. The van der Waals surface area contributed by atoms with E-state index in [0.717, 1.165) is 19.5 Å². The van der Waals surface area contributed by atoms with Gasteiger partial charge in [-0.3, -0.25) is 10.1 Å². The first-order valence-electron chi connectivity index (χ1n) is 6.95. The summed E-state index contributed by atoms with van der Waals surface area (Å²) in [6.45, 7) is 5.82. The van der Waals surface area contributed by atoms with Crippen LogP contribution in [0.5, 0.6) is 0 Å². The molecule has 0 saturated carbocycles. The smallest absolute Gasteiger partial charge is 0.234 e. The van der Waals surface area contributed by atoms with Gasteiger partial charge < -0.3 is 4.90 Å². The average molecular weight is 263 g/mol. The van der Waals surface area contributed by atoms with Crippen LogP contribution in [0.15, 0.2) is 6.33 Å². The lowest BCUT2D eigenvalue weighted by Crippen LogP contribution is -2.31. The van der Waals surface area contributed by atoms with E-state index in [4.69, 9.17) is 0 Å². The van der Waals surface area contributed by atoms with Crippen LogP contribution in [-0.2, 0) is 4.79 Å². The summed E-state index contributed by atoms with van der Waals surface area (Å²) < 4.78 is 0. The van der Waals surface area contributed by atoms with E-state index in [9.17, 15) is 4.79 Å². The molecule has 0 radical (unpaired) electrons. The van der Waals surface area contributed by atoms with Crippen molar-refractivity contribution in [2.45, 2.75) is 39.5 Å². The Balaban J connectivity index is 2.04. The molecular formula is C13H21N5O. The van der Waals surface area contributed by atoms with Crippen molar-refractivity contribution in [3.63, 3.8) is 0 Å². The topological polar surface area (TPSA) is 71.0 Å². The monoisotopic (exact) mass is 263 g/mol. The van der Waals surface area contributed by atoms with Crippen molar-refractivity contribution in [2.75, 3.05) is 23.3 Å². The zero-order valence-electron chi connectivity index (χ0n) is 11.6. The lowest BCUT2D eigenvalue weighted by Gasteiger charge is -2.26.